The molecule has 1 aliphatic rings. The van der Waals surface area contributed by atoms with Gasteiger partial charge in [0.05, 0.1) is 5.56 Å². The van der Waals surface area contributed by atoms with E-state index in [1.165, 1.54) is 0 Å². The van der Waals surface area contributed by atoms with E-state index in [0.717, 1.165) is 26.1 Å². The van der Waals surface area contributed by atoms with E-state index in [9.17, 15) is 9.90 Å². The van der Waals surface area contributed by atoms with E-state index in [0.29, 0.717) is 17.0 Å². The molecule has 1 aromatic heterocycles. The zero-order valence-electron chi connectivity index (χ0n) is 10.8. The number of fused-ring (bicyclic) bond motifs is 1. The van der Waals surface area contributed by atoms with Crippen LogP contribution in [0.2, 0.25) is 0 Å². The third kappa shape index (κ3) is 2.19. The van der Waals surface area contributed by atoms with Gasteiger partial charge in [0.1, 0.15) is 11.0 Å². The second kappa shape index (κ2) is 4.62. The minimum atomic E-state index is -0.933. The highest BCUT2D eigenvalue weighted by Gasteiger charge is 2.22. The summed E-state index contributed by atoms with van der Waals surface area (Å²) in [4.78, 5) is 13.6. The number of aromatic carboxylic acids is 1. The predicted octanol–water partition coefficient (Wildman–Crippen LogP) is 1.08. The van der Waals surface area contributed by atoms with Crippen LogP contribution < -0.4 is 0 Å². The van der Waals surface area contributed by atoms with Crippen molar-refractivity contribution in [1.82, 2.24) is 19.9 Å². The molecule has 0 saturated carbocycles. The Morgan fingerprint density at radius 1 is 1.53 bits per heavy atom. The summed E-state index contributed by atoms with van der Waals surface area (Å²) in [6.45, 7) is 2.84. The number of rotatable bonds is 3. The second-order valence-electron chi connectivity index (χ2n) is 5.17. The van der Waals surface area contributed by atoms with Crippen LogP contribution in [-0.4, -0.2) is 51.1 Å². The highest BCUT2D eigenvalue weighted by Crippen LogP contribution is 2.21. The van der Waals surface area contributed by atoms with Gasteiger partial charge >= 0.3 is 5.97 Å². The molecule has 1 fully saturated rings. The summed E-state index contributed by atoms with van der Waals surface area (Å²) >= 11 is 0. The molecule has 6 nitrogen and oxygen atoms in total. The van der Waals surface area contributed by atoms with Crippen LogP contribution in [-0.2, 0) is 6.54 Å². The minimum Gasteiger partial charge on any atom is -0.478 e. The third-order valence-corrected chi connectivity index (χ3v) is 3.68. The van der Waals surface area contributed by atoms with Crippen LogP contribution in [0.3, 0.4) is 0 Å². The predicted molar refractivity (Wildman–Crippen MR) is 70.1 cm³/mol. The lowest BCUT2D eigenvalue weighted by Gasteiger charge is -2.11. The summed E-state index contributed by atoms with van der Waals surface area (Å²) in [5.74, 6) is -0.422. The lowest BCUT2D eigenvalue weighted by Crippen LogP contribution is -2.18. The van der Waals surface area contributed by atoms with Crippen molar-refractivity contribution in [3.63, 3.8) is 0 Å². The van der Waals surface area contributed by atoms with Crippen molar-refractivity contribution in [1.29, 1.82) is 0 Å². The van der Waals surface area contributed by atoms with Gasteiger partial charge in [-0.15, -0.1) is 5.10 Å². The first kappa shape index (κ1) is 12.1. The van der Waals surface area contributed by atoms with Crippen molar-refractivity contribution < 1.29 is 9.90 Å². The Morgan fingerprint density at radius 2 is 2.37 bits per heavy atom. The number of carbonyl (C=O) groups is 1. The maximum absolute atomic E-state index is 11.3. The molecular formula is C13H16N4O2. The second-order valence-corrected chi connectivity index (χ2v) is 5.17. The molecule has 0 aliphatic carbocycles. The smallest absolute Gasteiger partial charge is 0.337 e. The monoisotopic (exact) mass is 260 g/mol. The van der Waals surface area contributed by atoms with Crippen LogP contribution in [0.15, 0.2) is 18.2 Å². The maximum atomic E-state index is 11.3. The highest BCUT2D eigenvalue weighted by atomic mass is 16.4. The number of hydrogen-bond acceptors (Lipinski definition) is 4. The van der Waals surface area contributed by atoms with E-state index in [2.05, 4.69) is 22.3 Å². The molecule has 1 saturated heterocycles. The van der Waals surface area contributed by atoms with Crippen LogP contribution in [0.1, 0.15) is 16.8 Å². The largest absolute Gasteiger partial charge is 0.478 e. The fourth-order valence-electron chi connectivity index (χ4n) is 2.75. The number of para-hydroxylation sites is 1. The van der Waals surface area contributed by atoms with Crippen LogP contribution in [0.25, 0.3) is 11.0 Å². The quantitative estimate of drug-likeness (QED) is 0.894. The summed E-state index contributed by atoms with van der Waals surface area (Å²) in [6, 6.07) is 5.10. The summed E-state index contributed by atoms with van der Waals surface area (Å²) in [6.07, 6.45) is 1.12. The molecule has 0 spiro atoms. The van der Waals surface area contributed by atoms with Gasteiger partial charge in [-0.1, -0.05) is 11.3 Å². The van der Waals surface area contributed by atoms with Crippen molar-refractivity contribution in [2.24, 2.45) is 5.92 Å². The normalized spacial score (nSPS) is 20.2. The molecular weight excluding hydrogens is 244 g/mol. The van der Waals surface area contributed by atoms with Gasteiger partial charge in [-0.3, -0.25) is 0 Å². The fraction of sp³-hybridized carbons (Fsp3) is 0.462. The zero-order valence-corrected chi connectivity index (χ0v) is 10.8. The van der Waals surface area contributed by atoms with Gasteiger partial charge in [0.2, 0.25) is 0 Å². The Morgan fingerprint density at radius 3 is 3.05 bits per heavy atom. The lowest BCUT2D eigenvalue weighted by molar-refractivity contribution is 0.0698. The molecule has 0 bridgehead atoms. The molecule has 1 aliphatic heterocycles. The average molecular weight is 260 g/mol. The minimum absolute atomic E-state index is 0.272. The Hall–Kier alpha value is -1.95. The topological polar surface area (TPSA) is 71.2 Å². The van der Waals surface area contributed by atoms with Gasteiger partial charge in [-0.2, -0.15) is 0 Å². The van der Waals surface area contributed by atoms with E-state index < -0.39 is 5.97 Å². The van der Waals surface area contributed by atoms with Gasteiger partial charge in [-0.05, 0) is 38.1 Å². The number of hydrogen-bond donors (Lipinski definition) is 1. The molecule has 2 heterocycles. The highest BCUT2D eigenvalue weighted by molar-refractivity contribution is 6.00. The number of carboxylic acid groups (broad SMARTS) is 1. The van der Waals surface area contributed by atoms with Gasteiger partial charge < -0.3 is 10.0 Å². The first-order valence-electron chi connectivity index (χ1n) is 6.39. The molecule has 6 heteroatoms. The van der Waals surface area contributed by atoms with Gasteiger partial charge in [0.15, 0.2) is 0 Å². The summed E-state index contributed by atoms with van der Waals surface area (Å²) in [5.41, 5.74) is 1.55. The molecule has 0 radical (unpaired) electrons. The molecule has 1 aromatic carbocycles. The van der Waals surface area contributed by atoms with Gasteiger partial charge in [0, 0.05) is 13.1 Å². The van der Waals surface area contributed by atoms with Crippen molar-refractivity contribution in [3.8, 4) is 0 Å². The molecule has 19 heavy (non-hydrogen) atoms. The average Bonchev–Trinajstić information content (AvgIpc) is 2.97. The lowest BCUT2D eigenvalue weighted by atomic mass is 10.1. The Labute approximate surface area is 110 Å². The molecule has 3 rings (SSSR count). The maximum Gasteiger partial charge on any atom is 0.337 e. The van der Waals surface area contributed by atoms with Gasteiger partial charge in [0.25, 0.3) is 0 Å². The summed E-state index contributed by atoms with van der Waals surface area (Å²) < 4.78 is 1.74. The molecule has 1 atom stereocenters. The van der Waals surface area contributed by atoms with E-state index in [4.69, 9.17) is 0 Å². The van der Waals surface area contributed by atoms with Crippen LogP contribution in [0.4, 0.5) is 0 Å². The van der Waals surface area contributed by atoms with E-state index >= 15 is 0 Å². The molecule has 0 amide bonds. The van der Waals surface area contributed by atoms with Crippen LogP contribution in [0.5, 0.6) is 0 Å². The Bertz CT molecular complexity index is 622. The number of aromatic nitrogens is 3. The van der Waals surface area contributed by atoms with Gasteiger partial charge in [-0.25, -0.2) is 9.48 Å². The number of likely N-dealkylation sites (tertiary alicyclic amines) is 1. The van der Waals surface area contributed by atoms with E-state index in [-0.39, 0.29) is 5.56 Å². The number of carboxylic acids is 1. The molecule has 2 aromatic rings. The fourth-order valence-corrected chi connectivity index (χ4v) is 2.75. The van der Waals surface area contributed by atoms with Crippen LogP contribution in [0, 0.1) is 5.92 Å². The van der Waals surface area contributed by atoms with Crippen molar-refractivity contribution in [2.75, 3.05) is 20.1 Å². The standard InChI is InChI=1S/C13H16N4O2/c1-16-6-5-9(7-16)8-17-12-10(13(18)19)3-2-4-11(12)14-15-17/h2-4,9H,5-8H2,1H3,(H,18,19). The van der Waals surface area contributed by atoms with Crippen molar-refractivity contribution >= 4 is 17.0 Å². The molecule has 1 N–H and O–H groups in total. The van der Waals surface area contributed by atoms with Crippen molar-refractivity contribution in [2.45, 2.75) is 13.0 Å². The number of benzene rings is 1. The Balaban J connectivity index is 1.97. The van der Waals surface area contributed by atoms with E-state index in [1.54, 1.807) is 22.9 Å². The van der Waals surface area contributed by atoms with E-state index in [1.807, 2.05) is 0 Å². The molecule has 1 unspecified atom stereocenters. The van der Waals surface area contributed by atoms with Crippen LogP contribution >= 0.6 is 0 Å². The first-order valence-corrected chi connectivity index (χ1v) is 6.39. The summed E-state index contributed by atoms with van der Waals surface area (Å²) in [5, 5.41) is 17.4. The SMILES string of the molecule is CN1CCC(Cn2nnc3cccc(C(=O)O)c32)C1. The Kier molecular flexibility index (Phi) is 2.94. The summed E-state index contributed by atoms with van der Waals surface area (Å²) in [7, 11) is 2.10. The van der Waals surface area contributed by atoms with Crippen molar-refractivity contribution in [3.05, 3.63) is 23.8 Å². The zero-order chi connectivity index (χ0) is 13.4. The third-order valence-electron chi connectivity index (χ3n) is 3.68. The number of nitrogens with zero attached hydrogens (tertiary/aromatic N) is 4. The first-order chi connectivity index (χ1) is 9.15. The molecule has 100 valence electrons.